The third-order valence-corrected chi connectivity index (χ3v) is 2.97. The Labute approximate surface area is 93.5 Å². The minimum Gasteiger partial charge on any atom is -0.491 e. The topological polar surface area (TPSA) is 67.4 Å². The minimum atomic E-state index is -0.522. The molecule has 16 heavy (non-hydrogen) atoms. The van der Waals surface area contributed by atoms with Crippen LogP contribution in [-0.4, -0.2) is 26.2 Å². The van der Waals surface area contributed by atoms with E-state index in [2.05, 4.69) is 10.6 Å². The molecule has 88 valence electrons. The second-order valence-corrected chi connectivity index (χ2v) is 4.11. The smallest absolute Gasteiger partial charge is 0.271 e. The van der Waals surface area contributed by atoms with Gasteiger partial charge in [0.2, 0.25) is 0 Å². The first-order valence-corrected chi connectivity index (χ1v) is 5.58. The van der Waals surface area contributed by atoms with Crippen LogP contribution in [0.4, 0.5) is 5.69 Å². The Bertz CT molecular complexity index is 426. The Kier molecular flexibility index (Phi) is 3.24. The van der Waals surface area contributed by atoms with Crippen molar-refractivity contribution in [3.8, 4) is 5.75 Å². The van der Waals surface area contributed by atoms with Gasteiger partial charge in [-0.15, -0.1) is 0 Å². The summed E-state index contributed by atoms with van der Waals surface area (Å²) in [7, 11) is 1.41. The van der Waals surface area contributed by atoms with Crippen molar-refractivity contribution in [1.29, 1.82) is 0 Å². The molecule has 1 unspecified atom stereocenters. The highest BCUT2D eigenvalue weighted by molar-refractivity contribution is 5.62. The summed E-state index contributed by atoms with van der Waals surface area (Å²) in [6, 6.07) is 0.208. The van der Waals surface area contributed by atoms with Gasteiger partial charge in [0.25, 0.3) is 10.9 Å². The average Bonchev–Trinajstić information content (AvgIpc) is 2.56. The van der Waals surface area contributed by atoms with E-state index in [9.17, 15) is 9.59 Å². The number of hydrogen-bond donors (Lipinski definition) is 2. The molecule has 1 aliphatic rings. The lowest BCUT2D eigenvalue weighted by Crippen LogP contribution is -2.40. The molecule has 0 bridgehead atoms. The van der Waals surface area contributed by atoms with Crippen molar-refractivity contribution in [3.05, 3.63) is 20.4 Å². The van der Waals surface area contributed by atoms with Crippen LogP contribution >= 0.6 is 0 Å². The van der Waals surface area contributed by atoms with E-state index in [1.807, 2.05) is 0 Å². The molecule has 1 aliphatic heterocycles. The van der Waals surface area contributed by atoms with E-state index in [1.165, 1.54) is 7.11 Å². The maximum Gasteiger partial charge on any atom is 0.271 e. The molecule has 1 aromatic rings. The molecule has 5 heteroatoms. The highest BCUT2D eigenvalue weighted by Gasteiger charge is 2.24. The minimum absolute atomic E-state index is 0.175. The van der Waals surface area contributed by atoms with Crippen LogP contribution in [0.2, 0.25) is 0 Å². The third kappa shape index (κ3) is 1.95. The van der Waals surface area contributed by atoms with Gasteiger partial charge in [-0.25, -0.2) is 0 Å². The summed E-state index contributed by atoms with van der Waals surface area (Å²) >= 11 is 0. The molecular formula is C11H16N2O3. The van der Waals surface area contributed by atoms with Gasteiger partial charge in [0, 0.05) is 12.6 Å². The molecule has 0 amide bonds. The Morgan fingerprint density at radius 2 is 2.12 bits per heavy atom. The summed E-state index contributed by atoms with van der Waals surface area (Å²) in [5.74, 6) is 0.175. The van der Waals surface area contributed by atoms with Gasteiger partial charge >= 0.3 is 0 Å². The fourth-order valence-corrected chi connectivity index (χ4v) is 2.04. The predicted molar refractivity (Wildman–Crippen MR) is 62.0 cm³/mol. The van der Waals surface area contributed by atoms with Gasteiger partial charge < -0.3 is 15.4 Å². The molecule has 0 aromatic heterocycles. The van der Waals surface area contributed by atoms with Crippen molar-refractivity contribution in [1.82, 2.24) is 5.32 Å². The standard InChI is InChI=1S/C11H16N2O3/c1-16-11-8(9(14)10(11)15)13-7-4-2-3-5-12-6-7/h7,12-13H,2-6H2,1H3. The molecule has 0 spiro atoms. The Morgan fingerprint density at radius 1 is 1.31 bits per heavy atom. The SMILES string of the molecule is COc1c(NC2CCCCNC2)c(=O)c1=O. The van der Waals surface area contributed by atoms with Gasteiger partial charge in [0.05, 0.1) is 7.11 Å². The van der Waals surface area contributed by atoms with Crippen LogP contribution in [0, 0.1) is 0 Å². The molecule has 1 atom stereocenters. The lowest BCUT2D eigenvalue weighted by atomic mass is 10.1. The Balaban J connectivity index is 2.05. The van der Waals surface area contributed by atoms with E-state index in [0.29, 0.717) is 5.69 Å². The van der Waals surface area contributed by atoms with Gasteiger partial charge in [-0.1, -0.05) is 6.42 Å². The van der Waals surface area contributed by atoms with Crippen LogP contribution in [0.5, 0.6) is 5.75 Å². The van der Waals surface area contributed by atoms with Crippen molar-refractivity contribution >= 4 is 5.69 Å². The summed E-state index contributed by atoms with van der Waals surface area (Å²) in [6.07, 6.45) is 3.29. The molecule has 0 aliphatic carbocycles. The first-order chi connectivity index (χ1) is 7.74. The molecule has 2 N–H and O–H groups in total. The number of methoxy groups -OCH3 is 1. The maximum atomic E-state index is 11.3. The second kappa shape index (κ2) is 4.65. The molecule has 1 fully saturated rings. The fraction of sp³-hybridized carbons (Fsp3) is 0.636. The van der Waals surface area contributed by atoms with Gasteiger partial charge in [-0.05, 0) is 19.4 Å². The van der Waals surface area contributed by atoms with E-state index in [1.54, 1.807) is 0 Å². The van der Waals surface area contributed by atoms with Crippen molar-refractivity contribution < 1.29 is 4.74 Å². The van der Waals surface area contributed by atoms with Gasteiger partial charge in [0.15, 0.2) is 5.75 Å². The zero-order valence-electron chi connectivity index (χ0n) is 9.34. The zero-order chi connectivity index (χ0) is 11.5. The zero-order valence-corrected chi connectivity index (χ0v) is 9.34. The van der Waals surface area contributed by atoms with Gasteiger partial charge in [0.1, 0.15) is 5.69 Å². The van der Waals surface area contributed by atoms with Crippen LogP contribution in [0.3, 0.4) is 0 Å². The fourth-order valence-electron chi connectivity index (χ4n) is 2.04. The number of anilines is 1. The lowest BCUT2D eigenvalue weighted by molar-refractivity contribution is 0.406. The Morgan fingerprint density at radius 3 is 2.88 bits per heavy atom. The van der Waals surface area contributed by atoms with Crippen LogP contribution in [0.1, 0.15) is 19.3 Å². The normalized spacial score (nSPS) is 21.7. The molecule has 1 heterocycles. The van der Waals surface area contributed by atoms with E-state index >= 15 is 0 Å². The number of hydrogen-bond acceptors (Lipinski definition) is 5. The van der Waals surface area contributed by atoms with Crippen LogP contribution < -0.4 is 26.2 Å². The molecule has 1 aromatic carbocycles. The number of ether oxygens (including phenoxy) is 1. The predicted octanol–water partition coefficient (Wildman–Crippen LogP) is -0.155. The highest BCUT2D eigenvalue weighted by atomic mass is 16.5. The van der Waals surface area contributed by atoms with E-state index < -0.39 is 10.9 Å². The molecule has 0 radical (unpaired) electrons. The molecule has 0 saturated carbocycles. The lowest BCUT2D eigenvalue weighted by Gasteiger charge is -2.19. The maximum absolute atomic E-state index is 11.3. The highest BCUT2D eigenvalue weighted by Crippen LogP contribution is 2.19. The largest absolute Gasteiger partial charge is 0.491 e. The van der Waals surface area contributed by atoms with Crippen LogP contribution in [0.25, 0.3) is 0 Å². The van der Waals surface area contributed by atoms with Crippen molar-refractivity contribution in [2.75, 3.05) is 25.5 Å². The van der Waals surface area contributed by atoms with Crippen LogP contribution in [0.15, 0.2) is 9.59 Å². The average molecular weight is 224 g/mol. The molecule has 5 nitrogen and oxygen atoms in total. The van der Waals surface area contributed by atoms with E-state index in [0.717, 1.165) is 32.4 Å². The van der Waals surface area contributed by atoms with Gasteiger partial charge in [-0.3, -0.25) is 9.59 Å². The number of nitrogens with one attached hydrogen (secondary N) is 2. The third-order valence-electron chi connectivity index (χ3n) is 2.97. The summed E-state index contributed by atoms with van der Waals surface area (Å²) in [6.45, 7) is 1.84. The van der Waals surface area contributed by atoms with E-state index in [-0.39, 0.29) is 11.8 Å². The van der Waals surface area contributed by atoms with Crippen molar-refractivity contribution in [2.24, 2.45) is 0 Å². The first kappa shape index (κ1) is 11.1. The van der Waals surface area contributed by atoms with E-state index in [4.69, 9.17) is 4.74 Å². The van der Waals surface area contributed by atoms with Gasteiger partial charge in [-0.2, -0.15) is 0 Å². The Hall–Kier alpha value is -1.36. The van der Waals surface area contributed by atoms with Crippen molar-refractivity contribution in [2.45, 2.75) is 25.3 Å². The van der Waals surface area contributed by atoms with Crippen molar-refractivity contribution in [3.63, 3.8) is 0 Å². The molecule has 1 saturated heterocycles. The molecular weight excluding hydrogens is 208 g/mol. The molecule has 2 rings (SSSR count). The monoisotopic (exact) mass is 224 g/mol. The summed E-state index contributed by atoms with van der Waals surface area (Å²) in [5.41, 5.74) is -0.631. The van der Waals surface area contributed by atoms with Crippen LogP contribution in [-0.2, 0) is 0 Å². The summed E-state index contributed by atoms with van der Waals surface area (Å²) in [4.78, 5) is 22.4. The first-order valence-electron chi connectivity index (χ1n) is 5.58. The summed E-state index contributed by atoms with van der Waals surface area (Å²) in [5, 5.41) is 6.39. The number of rotatable bonds is 3. The second-order valence-electron chi connectivity index (χ2n) is 4.11. The quantitative estimate of drug-likeness (QED) is 0.699. The summed E-state index contributed by atoms with van der Waals surface area (Å²) < 4.78 is 4.88.